The van der Waals surface area contributed by atoms with Gasteiger partial charge in [-0.25, -0.2) is 4.79 Å². The molecule has 0 saturated carbocycles. The van der Waals surface area contributed by atoms with Gasteiger partial charge in [-0.3, -0.25) is 4.79 Å². The highest BCUT2D eigenvalue weighted by Crippen LogP contribution is 2.31. The van der Waals surface area contributed by atoms with Crippen LogP contribution < -0.4 is 5.32 Å². The molecule has 1 amide bonds. The third-order valence-corrected chi connectivity index (χ3v) is 2.38. The molecule has 6 heteroatoms. The molecule has 1 rings (SSSR count). The van der Waals surface area contributed by atoms with Crippen LogP contribution in [0.1, 0.15) is 10.4 Å². The first-order valence-electron chi connectivity index (χ1n) is 4.12. The van der Waals surface area contributed by atoms with Crippen molar-refractivity contribution in [2.24, 2.45) is 0 Å². The summed E-state index contributed by atoms with van der Waals surface area (Å²) in [5, 5.41) is 11.3. The molecule has 0 bridgehead atoms. The lowest BCUT2D eigenvalue weighted by atomic mass is 10.1. The summed E-state index contributed by atoms with van der Waals surface area (Å²) < 4.78 is 0. The molecule has 2 N–H and O–H groups in total. The van der Waals surface area contributed by atoms with E-state index in [9.17, 15) is 9.59 Å². The van der Waals surface area contributed by atoms with Crippen molar-refractivity contribution in [1.29, 1.82) is 0 Å². The third-order valence-electron chi connectivity index (χ3n) is 1.75. The minimum Gasteiger partial charge on any atom is -0.478 e. The number of anilines is 1. The first-order valence-corrected chi connectivity index (χ1v) is 4.87. The van der Waals surface area contributed by atoms with E-state index in [2.05, 4.69) is 11.9 Å². The lowest BCUT2D eigenvalue weighted by Gasteiger charge is -2.10. The Hall–Kier alpha value is -1.52. The Morgan fingerprint density at radius 3 is 2.38 bits per heavy atom. The summed E-state index contributed by atoms with van der Waals surface area (Å²) in [7, 11) is 0. The van der Waals surface area contributed by atoms with Crippen LogP contribution >= 0.6 is 23.2 Å². The van der Waals surface area contributed by atoms with Crippen molar-refractivity contribution >= 4 is 40.8 Å². The Morgan fingerprint density at radius 2 is 1.88 bits per heavy atom. The van der Waals surface area contributed by atoms with E-state index in [1.807, 2.05) is 0 Å². The van der Waals surface area contributed by atoms with E-state index >= 15 is 0 Å². The molecule has 0 aliphatic heterocycles. The normalized spacial score (nSPS) is 9.62. The number of carboxylic acids is 1. The Kier molecular flexibility index (Phi) is 3.93. The molecule has 0 radical (unpaired) electrons. The molecule has 1 aromatic carbocycles. The van der Waals surface area contributed by atoms with Gasteiger partial charge in [0.1, 0.15) is 5.56 Å². The van der Waals surface area contributed by atoms with Crippen molar-refractivity contribution in [3.8, 4) is 0 Å². The van der Waals surface area contributed by atoms with Crippen LogP contribution in [0, 0.1) is 0 Å². The molecule has 0 aromatic heterocycles. The number of nitrogens with one attached hydrogen (secondary N) is 1. The van der Waals surface area contributed by atoms with Crippen molar-refractivity contribution in [1.82, 2.24) is 0 Å². The minimum absolute atomic E-state index is 0.00346. The number of halogens is 2. The Bertz CT molecular complexity index is 471. The van der Waals surface area contributed by atoms with E-state index in [4.69, 9.17) is 28.3 Å². The number of amides is 1. The number of aromatic carboxylic acids is 1. The van der Waals surface area contributed by atoms with Crippen LogP contribution in [-0.4, -0.2) is 17.0 Å². The largest absolute Gasteiger partial charge is 0.478 e. The number of carbonyl (C=O) groups excluding carboxylic acids is 1. The Labute approximate surface area is 101 Å². The first kappa shape index (κ1) is 12.5. The molecule has 0 saturated heterocycles. The average Bonchev–Trinajstić information content (AvgIpc) is 2.22. The van der Waals surface area contributed by atoms with E-state index in [1.165, 1.54) is 12.1 Å². The van der Waals surface area contributed by atoms with Crippen molar-refractivity contribution < 1.29 is 14.7 Å². The van der Waals surface area contributed by atoms with Gasteiger partial charge in [-0.15, -0.1) is 0 Å². The summed E-state index contributed by atoms with van der Waals surface area (Å²) in [5.41, 5.74) is -0.282. The summed E-state index contributed by atoms with van der Waals surface area (Å²) in [5.74, 6) is -1.83. The number of carboxylic acid groups (broad SMARTS) is 1. The summed E-state index contributed by atoms with van der Waals surface area (Å²) >= 11 is 11.5. The van der Waals surface area contributed by atoms with E-state index in [-0.39, 0.29) is 21.3 Å². The second-order valence-electron chi connectivity index (χ2n) is 2.78. The highest BCUT2D eigenvalue weighted by molar-refractivity contribution is 6.38. The highest BCUT2D eigenvalue weighted by Gasteiger charge is 2.18. The molecule has 0 unspecified atom stereocenters. The quantitative estimate of drug-likeness (QED) is 0.821. The zero-order valence-corrected chi connectivity index (χ0v) is 9.47. The molecule has 16 heavy (non-hydrogen) atoms. The molecule has 0 atom stereocenters. The van der Waals surface area contributed by atoms with Crippen molar-refractivity contribution in [3.05, 3.63) is 40.4 Å². The number of benzene rings is 1. The summed E-state index contributed by atoms with van der Waals surface area (Å²) in [6, 6.07) is 2.74. The molecular weight excluding hydrogens is 253 g/mol. The van der Waals surface area contributed by atoms with Gasteiger partial charge >= 0.3 is 5.97 Å². The molecule has 0 heterocycles. The van der Waals surface area contributed by atoms with Gasteiger partial charge in [0.15, 0.2) is 0 Å². The zero-order valence-electron chi connectivity index (χ0n) is 7.96. The standard InChI is InChI=1S/C10H7Cl2NO3/c1-2-7(14)13-9-6(12)4-3-5(11)8(9)10(15)16/h2-4H,1H2,(H,13,14)(H,15,16). The molecular formula is C10H7Cl2NO3. The lowest BCUT2D eigenvalue weighted by Crippen LogP contribution is -2.12. The Balaban J connectivity index is 3.34. The van der Waals surface area contributed by atoms with Gasteiger partial charge in [0.05, 0.1) is 15.7 Å². The predicted octanol–water partition coefficient (Wildman–Crippen LogP) is 2.82. The molecule has 0 aliphatic carbocycles. The van der Waals surface area contributed by atoms with Gasteiger partial charge in [0.2, 0.25) is 5.91 Å². The van der Waals surface area contributed by atoms with Crippen LogP contribution in [0.4, 0.5) is 5.69 Å². The van der Waals surface area contributed by atoms with E-state index < -0.39 is 11.9 Å². The maximum atomic E-state index is 11.1. The second-order valence-corrected chi connectivity index (χ2v) is 3.59. The van der Waals surface area contributed by atoms with Crippen LogP contribution in [0.3, 0.4) is 0 Å². The number of rotatable bonds is 3. The number of carbonyl (C=O) groups is 2. The lowest BCUT2D eigenvalue weighted by molar-refractivity contribution is -0.111. The van der Waals surface area contributed by atoms with Gasteiger partial charge in [0.25, 0.3) is 0 Å². The van der Waals surface area contributed by atoms with Crippen molar-refractivity contribution in [2.75, 3.05) is 5.32 Å². The van der Waals surface area contributed by atoms with Gasteiger partial charge in [-0.05, 0) is 18.2 Å². The van der Waals surface area contributed by atoms with Crippen LogP contribution in [-0.2, 0) is 4.79 Å². The second kappa shape index (κ2) is 5.01. The first-order chi connectivity index (χ1) is 7.47. The molecule has 0 aliphatic rings. The van der Waals surface area contributed by atoms with Crippen LogP contribution in [0.25, 0.3) is 0 Å². The summed E-state index contributed by atoms with van der Waals surface area (Å²) in [6.45, 7) is 3.25. The fourth-order valence-corrected chi connectivity index (χ4v) is 1.50. The van der Waals surface area contributed by atoms with Gasteiger partial charge < -0.3 is 10.4 Å². The molecule has 84 valence electrons. The summed E-state index contributed by atoms with van der Waals surface area (Å²) in [6.07, 6.45) is 1.00. The zero-order chi connectivity index (χ0) is 12.3. The molecule has 0 fully saturated rings. The monoisotopic (exact) mass is 259 g/mol. The van der Waals surface area contributed by atoms with Crippen molar-refractivity contribution in [2.45, 2.75) is 0 Å². The molecule has 1 aromatic rings. The van der Waals surface area contributed by atoms with E-state index in [0.29, 0.717) is 0 Å². The highest BCUT2D eigenvalue weighted by atomic mass is 35.5. The van der Waals surface area contributed by atoms with E-state index in [0.717, 1.165) is 6.08 Å². The molecule has 0 spiro atoms. The fraction of sp³-hybridized carbons (Fsp3) is 0. The van der Waals surface area contributed by atoms with E-state index in [1.54, 1.807) is 0 Å². The maximum Gasteiger partial charge on any atom is 0.339 e. The smallest absolute Gasteiger partial charge is 0.339 e. The predicted molar refractivity (Wildman–Crippen MR) is 62.2 cm³/mol. The average molecular weight is 260 g/mol. The summed E-state index contributed by atoms with van der Waals surface area (Å²) in [4.78, 5) is 22.0. The van der Waals surface area contributed by atoms with Crippen molar-refractivity contribution in [3.63, 3.8) is 0 Å². The molecule has 4 nitrogen and oxygen atoms in total. The number of hydrogen-bond donors (Lipinski definition) is 2. The van der Waals surface area contributed by atoms with Gasteiger partial charge in [0, 0.05) is 0 Å². The third kappa shape index (κ3) is 2.53. The van der Waals surface area contributed by atoms with Crippen LogP contribution in [0.5, 0.6) is 0 Å². The van der Waals surface area contributed by atoms with Gasteiger partial charge in [-0.1, -0.05) is 29.8 Å². The van der Waals surface area contributed by atoms with Gasteiger partial charge in [-0.2, -0.15) is 0 Å². The van der Waals surface area contributed by atoms with Crippen LogP contribution in [0.15, 0.2) is 24.8 Å². The minimum atomic E-state index is -1.27. The Morgan fingerprint density at radius 1 is 1.31 bits per heavy atom. The topological polar surface area (TPSA) is 66.4 Å². The SMILES string of the molecule is C=CC(=O)Nc1c(Cl)ccc(Cl)c1C(=O)O. The maximum absolute atomic E-state index is 11.1. The fourth-order valence-electron chi connectivity index (χ4n) is 1.06. The van der Waals surface area contributed by atoms with Crippen LogP contribution in [0.2, 0.25) is 10.0 Å². The number of hydrogen-bond acceptors (Lipinski definition) is 2.